The summed E-state index contributed by atoms with van der Waals surface area (Å²) < 4.78 is 31.8. The summed E-state index contributed by atoms with van der Waals surface area (Å²) in [4.78, 5) is 14.7. The molecular weight excluding hydrogens is 330 g/mol. The molecule has 0 radical (unpaired) electrons. The Morgan fingerprint density at radius 3 is 2.71 bits per heavy atom. The summed E-state index contributed by atoms with van der Waals surface area (Å²) in [7, 11) is -3.57. The van der Waals surface area contributed by atoms with Crippen molar-refractivity contribution in [1.29, 1.82) is 0 Å². The summed E-state index contributed by atoms with van der Waals surface area (Å²) in [6, 6.07) is 6.26. The van der Waals surface area contributed by atoms with Gasteiger partial charge in [-0.15, -0.1) is 0 Å². The third kappa shape index (κ3) is 5.01. The lowest BCUT2D eigenvalue weighted by Gasteiger charge is -2.32. The molecule has 0 bridgehead atoms. The molecule has 0 spiro atoms. The lowest BCUT2D eigenvalue weighted by Crippen LogP contribution is -2.47. The standard InChI is InChI=1S/C16H25N3O4S/c1-3-18-24(21,22)15-6-4-5-14(11-15)16(20)17-12-13(2)19-7-9-23-10-8-19/h4-6,11,13,18H,3,7-10,12H2,1-2H3,(H,17,20). The average Bonchev–Trinajstić information content (AvgIpc) is 2.60. The van der Waals surface area contributed by atoms with Crippen molar-refractivity contribution in [3.8, 4) is 0 Å². The second-order valence-corrected chi connectivity index (χ2v) is 7.50. The van der Waals surface area contributed by atoms with Crippen molar-refractivity contribution in [1.82, 2.24) is 14.9 Å². The maximum absolute atomic E-state index is 12.3. The third-order valence-electron chi connectivity index (χ3n) is 3.97. The number of rotatable bonds is 7. The predicted octanol–water partition coefficient (Wildman–Crippen LogP) is 0.435. The number of ether oxygens (including phenoxy) is 1. The molecule has 1 amide bonds. The molecule has 2 rings (SSSR count). The van der Waals surface area contributed by atoms with E-state index in [-0.39, 0.29) is 16.8 Å². The molecule has 0 aliphatic carbocycles. The number of nitrogens with zero attached hydrogens (tertiary/aromatic N) is 1. The number of carbonyl (C=O) groups is 1. The van der Waals surface area contributed by atoms with Crippen LogP contribution < -0.4 is 10.0 Å². The van der Waals surface area contributed by atoms with Gasteiger partial charge in [0, 0.05) is 37.8 Å². The van der Waals surface area contributed by atoms with Gasteiger partial charge in [0.05, 0.1) is 18.1 Å². The van der Waals surface area contributed by atoms with Gasteiger partial charge in [-0.05, 0) is 25.1 Å². The van der Waals surface area contributed by atoms with Gasteiger partial charge < -0.3 is 10.1 Å². The van der Waals surface area contributed by atoms with Crippen LogP contribution in [0.2, 0.25) is 0 Å². The molecule has 1 fully saturated rings. The van der Waals surface area contributed by atoms with Crippen LogP contribution in [0.4, 0.5) is 0 Å². The number of amides is 1. The van der Waals surface area contributed by atoms with Crippen molar-refractivity contribution in [2.75, 3.05) is 39.4 Å². The fraction of sp³-hybridized carbons (Fsp3) is 0.562. The van der Waals surface area contributed by atoms with E-state index in [1.54, 1.807) is 19.1 Å². The van der Waals surface area contributed by atoms with Crippen molar-refractivity contribution in [2.45, 2.75) is 24.8 Å². The fourth-order valence-electron chi connectivity index (χ4n) is 2.57. The fourth-order valence-corrected chi connectivity index (χ4v) is 3.65. The zero-order valence-electron chi connectivity index (χ0n) is 14.1. The molecule has 1 heterocycles. The van der Waals surface area contributed by atoms with Crippen LogP contribution in [0.5, 0.6) is 0 Å². The van der Waals surface area contributed by atoms with E-state index >= 15 is 0 Å². The zero-order chi connectivity index (χ0) is 17.6. The Kier molecular flexibility index (Phi) is 6.73. The van der Waals surface area contributed by atoms with Crippen LogP contribution in [0.1, 0.15) is 24.2 Å². The Morgan fingerprint density at radius 1 is 1.33 bits per heavy atom. The van der Waals surface area contributed by atoms with Gasteiger partial charge in [0.1, 0.15) is 0 Å². The maximum atomic E-state index is 12.3. The number of hydrogen-bond acceptors (Lipinski definition) is 5. The highest BCUT2D eigenvalue weighted by atomic mass is 32.2. The second kappa shape index (κ2) is 8.57. The zero-order valence-corrected chi connectivity index (χ0v) is 14.9. The highest BCUT2D eigenvalue weighted by molar-refractivity contribution is 7.89. The number of hydrogen-bond donors (Lipinski definition) is 2. The predicted molar refractivity (Wildman–Crippen MR) is 91.5 cm³/mol. The van der Waals surface area contributed by atoms with E-state index in [0.717, 1.165) is 13.1 Å². The van der Waals surface area contributed by atoms with E-state index in [1.807, 2.05) is 0 Å². The van der Waals surface area contributed by atoms with Crippen molar-refractivity contribution in [3.63, 3.8) is 0 Å². The van der Waals surface area contributed by atoms with Crippen LogP contribution in [0.15, 0.2) is 29.2 Å². The van der Waals surface area contributed by atoms with Gasteiger partial charge in [0.15, 0.2) is 0 Å². The maximum Gasteiger partial charge on any atom is 0.251 e. The number of benzene rings is 1. The monoisotopic (exact) mass is 355 g/mol. The van der Waals surface area contributed by atoms with Gasteiger partial charge in [0.25, 0.3) is 5.91 Å². The molecule has 1 aliphatic rings. The molecule has 134 valence electrons. The van der Waals surface area contributed by atoms with E-state index in [1.165, 1.54) is 12.1 Å². The van der Waals surface area contributed by atoms with Gasteiger partial charge in [-0.3, -0.25) is 9.69 Å². The van der Waals surface area contributed by atoms with E-state index < -0.39 is 10.0 Å². The highest BCUT2D eigenvalue weighted by Gasteiger charge is 2.19. The molecule has 1 aromatic rings. The summed E-state index contributed by atoms with van der Waals surface area (Å²) in [6.45, 7) is 7.70. The first-order valence-electron chi connectivity index (χ1n) is 8.13. The Labute approximate surface area is 143 Å². The Bertz CT molecular complexity index is 657. The van der Waals surface area contributed by atoms with Crippen LogP contribution in [-0.4, -0.2) is 64.7 Å². The number of nitrogens with one attached hydrogen (secondary N) is 2. The average molecular weight is 355 g/mol. The minimum absolute atomic E-state index is 0.0956. The first kappa shape index (κ1) is 18.9. The Hall–Kier alpha value is -1.48. The van der Waals surface area contributed by atoms with Crippen LogP contribution in [0.25, 0.3) is 0 Å². The number of carbonyl (C=O) groups excluding carboxylic acids is 1. The van der Waals surface area contributed by atoms with Crippen LogP contribution >= 0.6 is 0 Å². The molecule has 0 saturated carbocycles. The Balaban J connectivity index is 1.97. The minimum atomic E-state index is -3.57. The molecular formula is C16H25N3O4S. The van der Waals surface area contributed by atoms with E-state index in [0.29, 0.717) is 31.9 Å². The largest absolute Gasteiger partial charge is 0.379 e. The second-order valence-electron chi connectivity index (χ2n) is 5.74. The van der Waals surface area contributed by atoms with E-state index in [9.17, 15) is 13.2 Å². The Morgan fingerprint density at radius 2 is 2.04 bits per heavy atom. The first-order valence-corrected chi connectivity index (χ1v) is 9.62. The topological polar surface area (TPSA) is 87.7 Å². The molecule has 0 aromatic heterocycles. The summed E-state index contributed by atoms with van der Waals surface area (Å²) in [5.41, 5.74) is 0.336. The van der Waals surface area contributed by atoms with E-state index in [2.05, 4.69) is 21.9 Å². The van der Waals surface area contributed by atoms with Crippen molar-refractivity contribution < 1.29 is 17.9 Å². The lowest BCUT2D eigenvalue weighted by molar-refractivity contribution is 0.0204. The third-order valence-corrected chi connectivity index (χ3v) is 5.51. The summed E-state index contributed by atoms with van der Waals surface area (Å²) in [5.74, 6) is -0.274. The summed E-state index contributed by atoms with van der Waals surface area (Å²) in [5, 5.41) is 2.87. The van der Waals surface area contributed by atoms with Gasteiger partial charge >= 0.3 is 0 Å². The van der Waals surface area contributed by atoms with Gasteiger partial charge in [-0.2, -0.15) is 0 Å². The summed E-state index contributed by atoms with van der Waals surface area (Å²) in [6.07, 6.45) is 0. The highest BCUT2D eigenvalue weighted by Crippen LogP contribution is 2.11. The quantitative estimate of drug-likeness (QED) is 0.741. The smallest absolute Gasteiger partial charge is 0.251 e. The molecule has 1 aromatic carbocycles. The van der Waals surface area contributed by atoms with Crippen LogP contribution in [0, 0.1) is 0 Å². The normalized spacial score (nSPS) is 17.4. The lowest BCUT2D eigenvalue weighted by atomic mass is 10.2. The number of morpholine rings is 1. The van der Waals surface area contributed by atoms with Gasteiger partial charge in [0.2, 0.25) is 10.0 Å². The number of sulfonamides is 1. The van der Waals surface area contributed by atoms with Crippen molar-refractivity contribution >= 4 is 15.9 Å². The van der Waals surface area contributed by atoms with Crippen LogP contribution in [-0.2, 0) is 14.8 Å². The van der Waals surface area contributed by atoms with Gasteiger partial charge in [-0.1, -0.05) is 13.0 Å². The molecule has 7 nitrogen and oxygen atoms in total. The van der Waals surface area contributed by atoms with Crippen molar-refractivity contribution in [2.24, 2.45) is 0 Å². The van der Waals surface area contributed by atoms with Crippen LogP contribution in [0.3, 0.4) is 0 Å². The van der Waals surface area contributed by atoms with Gasteiger partial charge in [-0.25, -0.2) is 13.1 Å². The molecule has 24 heavy (non-hydrogen) atoms. The first-order chi connectivity index (χ1) is 11.4. The van der Waals surface area contributed by atoms with Crippen molar-refractivity contribution in [3.05, 3.63) is 29.8 Å². The molecule has 2 N–H and O–H groups in total. The SMILES string of the molecule is CCNS(=O)(=O)c1cccc(C(=O)NCC(C)N2CCOCC2)c1. The molecule has 1 unspecified atom stereocenters. The molecule has 8 heteroatoms. The van der Waals surface area contributed by atoms with E-state index in [4.69, 9.17) is 4.74 Å². The summed E-state index contributed by atoms with van der Waals surface area (Å²) >= 11 is 0. The molecule has 1 saturated heterocycles. The minimum Gasteiger partial charge on any atom is -0.379 e. The molecule has 1 atom stereocenters. The molecule has 1 aliphatic heterocycles.